The zero-order valence-electron chi connectivity index (χ0n) is 12.8. The molecular formula is C14H15N7OS. The molecule has 0 atom stereocenters. The van der Waals surface area contributed by atoms with E-state index in [0.717, 1.165) is 30.2 Å². The number of hydrogen-bond donors (Lipinski definition) is 1. The van der Waals surface area contributed by atoms with Gasteiger partial charge in [-0.25, -0.2) is 15.0 Å². The van der Waals surface area contributed by atoms with Crippen LogP contribution in [0, 0.1) is 0 Å². The van der Waals surface area contributed by atoms with Crippen LogP contribution in [0.5, 0.6) is 0 Å². The lowest BCUT2D eigenvalue weighted by molar-refractivity contribution is 0.314. The summed E-state index contributed by atoms with van der Waals surface area (Å²) < 4.78 is 5.36. The van der Waals surface area contributed by atoms with Gasteiger partial charge in [0, 0.05) is 31.4 Å². The summed E-state index contributed by atoms with van der Waals surface area (Å²) in [6.45, 7) is 1.95. The molecule has 3 aromatic rings. The molecule has 0 spiro atoms. The van der Waals surface area contributed by atoms with E-state index in [-0.39, 0.29) is 0 Å². The highest BCUT2D eigenvalue weighted by Crippen LogP contribution is 2.31. The van der Waals surface area contributed by atoms with Crippen LogP contribution in [0.4, 0.5) is 5.82 Å². The molecule has 23 heavy (non-hydrogen) atoms. The second-order valence-electron chi connectivity index (χ2n) is 5.34. The van der Waals surface area contributed by atoms with Crippen LogP contribution in [0.1, 0.15) is 10.6 Å². The van der Waals surface area contributed by atoms with Crippen molar-refractivity contribution >= 4 is 17.2 Å². The third-order valence-corrected chi connectivity index (χ3v) is 4.74. The topological polar surface area (TPSA) is 92.9 Å². The number of aromatic nitrogens is 5. The van der Waals surface area contributed by atoms with Crippen molar-refractivity contribution in [2.24, 2.45) is 0 Å². The van der Waals surface area contributed by atoms with E-state index in [9.17, 15) is 0 Å². The van der Waals surface area contributed by atoms with Gasteiger partial charge in [-0.3, -0.25) is 0 Å². The van der Waals surface area contributed by atoms with Gasteiger partial charge in [-0.15, -0.1) is 11.3 Å². The van der Waals surface area contributed by atoms with Crippen LogP contribution in [0.2, 0.25) is 0 Å². The van der Waals surface area contributed by atoms with E-state index in [4.69, 9.17) is 4.52 Å². The van der Waals surface area contributed by atoms with Crippen molar-refractivity contribution in [3.8, 4) is 22.4 Å². The van der Waals surface area contributed by atoms with E-state index in [2.05, 4.69) is 42.4 Å². The fraction of sp³-hybridized carbons (Fsp3) is 0.357. The largest absolute Gasteiger partial charge is 0.372 e. The second-order valence-corrected chi connectivity index (χ2v) is 6.42. The Morgan fingerprint density at radius 1 is 1.26 bits per heavy atom. The highest BCUT2D eigenvalue weighted by atomic mass is 32.1. The van der Waals surface area contributed by atoms with E-state index in [1.165, 1.54) is 4.88 Å². The van der Waals surface area contributed by atoms with E-state index in [1.807, 2.05) is 0 Å². The highest BCUT2D eigenvalue weighted by molar-refractivity contribution is 7.15. The summed E-state index contributed by atoms with van der Waals surface area (Å²) in [5.41, 5.74) is 1.71. The van der Waals surface area contributed by atoms with Crippen molar-refractivity contribution in [2.45, 2.75) is 13.0 Å². The quantitative estimate of drug-likeness (QED) is 0.776. The number of likely N-dealkylation sites (N-methyl/N-ethyl adjacent to an activating group) is 1. The molecule has 0 radical (unpaired) electrons. The molecule has 118 valence electrons. The molecule has 4 heterocycles. The summed E-state index contributed by atoms with van der Waals surface area (Å²) in [4.78, 5) is 21.1. The Morgan fingerprint density at radius 3 is 2.96 bits per heavy atom. The van der Waals surface area contributed by atoms with Crippen LogP contribution in [-0.2, 0) is 13.0 Å². The molecule has 0 fully saturated rings. The SMILES string of the molecule is CNc1cnc(-c2noc(-c3nc4c(s3)CN(C)CC4)n2)cn1. The Kier molecular flexibility index (Phi) is 3.50. The van der Waals surface area contributed by atoms with Gasteiger partial charge in [0.1, 0.15) is 11.5 Å². The lowest BCUT2D eigenvalue weighted by Crippen LogP contribution is -2.25. The first-order valence-electron chi connectivity index (χ1n) is 7.24. The molecule has 0 saturated carbocycles. The zero-order valence-corrected chi connectivity index (χ0v) is 13.6. The fourth-order valence-electron chi connectivity index (χ4n) is 2.40. The van der Waals surface area contributed by atoms with Crippen molar-refractivity contribution in [1.82, 2.24) is 30.0 Å². The van der Waals surface area contributed by atoms with E-state index in [0.29, 0.717) is 23.2 Å². The second kappa shape index (κ2) is 5.67. The Morgan fingerprint density at radius 2 is 2.17 bits per heavy atom. The number of anilines is 1. The molecule has 4 rings (SSSR count). The smallest absolute Gasteiger partial charge is 0.287 e. The van der Waals surface area contributed by atoms with Crippen molar-refractivity contribution in [3.05, 3.63) is 23.0 Å². The predicted molar refractivity (Wildman–Crippen MR) is 86.0 cm³/mol. The fourth-order valence-corrected chi connectivity index (χ4v) is 3.51. The van der Waals surface area contributed by atoms with E-state index >= 15 is 0 Å². The molecule has 3 aromatic heterocycles. The standard InChI is InChI=1S/C14H15N7OS/c1-15-11-6-16-9(5-17-11)12-19-13(22-20-12)14-18-8-3-4-21(2)7-10(8)23-14/h5-6H,3-4,7H2,1-2H3,(H,15,17). The molecule has 0 aliphatic carbocycles. The van der Waals surface area contributed by atoms with Gasteiger partial charge in [-0.2, -0.15) is 4.98 Å². The van der Waals surface area contributed by atoms with Gasteiger partial charge in [0.25, 0.3) is 5.89 Å². The summed E-state index contributed by atoms with van der Waals surface area (Å²) >= 11 is 1.61. The van der Waals surface area contributed by atoms with Crippen molar-refractivity contribution < 1.29 is 4.52 Å². The van der Waals surface area contributed by atoms with Crippen molar-refractivity contribution in [3.63, 3.8) is 0 Å². The minimum absolute atomic E-state index is 0.417. The van der Waals surface area contributed by atoms with Crippen LogP contribution >= 0.6 is 11.3 Å². The average Bonchev–Trinajstić information content (AvgIpc) is 3.21. The Balaban J connectivity index is 1.62. The maximum atomic E-state index is 5.36. The molecule has 1 N–H and O–H groups in total. The lowest BCUT2D eigenvalue weighted by atomic mass is 10.2. The van der Waals surface area contributed by atoms with Crippen molar-refractivity contribution in [2.75, 3.05) is 26.0 Å². The molecule has 0 amide bonds. The molecular weight excluding hydrogens is 314 g/mol. The van der Waals surface area contributed by atoms with Crippen LogP contribution in [-0.4, -0.2) is 50.6 Å². The van der Waals surface area contributed by atoms with Gasteiger partial charge in [-0.05, 0) is 7.05 Å². The maximum absolute atomic E-state index is 5.36. The molecule has 9 heteroatoms. The monoisotopic (exact) mass is 329 g/mol. The summed E-state index contributed by atoms with van der Waals surface area (Å²) in [7, 11) is 3.90. The number of nitrogens with zero attached hydrogens (tertiary/aromatic N) is 6. The number of nitrogens with one attached hydrogen (secondary N) is 1. The molecule has 0 aromatic carbocycles. The van der Waals surface area contributed by atoms with Gasteiger partial charge in [0.15, 0.2) is 5.01 Å². The van der Waals surface area contributed by atoms with Gasteiger partial charge >= 0.3 is 0 Å². The summed E-state index contributed by atoms with van der Waals surface area (Å²) in [6.07, 6.45) is 4.20. The number of rotatable bonds is 3. The van der Waals surface area contributed by atoms with Gasteiger partial charge in [0.05, 0.1) is 18.1 Å². The molecule has 8 nitrogen and oxygen atoms in total. The third-order valence-electron chi connectivity index (χ3n) is 3.67. The zero-order chi connectivity index (χ0) is 15.8. The van der Waals surface area contributed by atoms with Gasteiger partial charge < -0.3 is 14.7 Å². The molecule has 0 unspecified atom stereocenters. The Bertz CT molecular complexity index is 826. The predicted octanol–water partition coefficient (Wildman–Crippen LogP) is 1.68. The van der Waals surface area contributed by atoms with Crippen LogP contribution < -0.4 is 5.32 Å². The minimum atomic E-state index is 0.417. The van der Waals surface area contributed by atoms with Gasteiger partial charge in [-0.1, -0.05) is 5.16 Å². The van der Waals surface area contributed by atoms with Crippen molar-refractivity contribution in [1.29, 1.82) is 0 Å². The van der Waals surface area contributed by atoms with E-state index in [1.54, 1.807) is 30.8 Å². The lowest BCUT2D eigenvalue weighted by Gasteiger charge is -2.20. The first-order chi connectivity index (χ1) is 11.2. The first-order valence-corrected chi connectivity index (χ1v) is 8.06. The van der Waals surface area contributed by atoms with Gasteiger partial charge in [0.2, 0.25) is 5.82 Å². The molecule has 1 aliphatic rings. The van der Waals surface area contributed by atoms with Crippen LogP contribution in [0.3, 0.4) is 0 Å². The number of hydrogen-bond acceptors (Lipinski definition) is 9. The summed E-state index contributed by atoms with van der Waals surface area (Å²) in [5.74, 6) is 1.54. The number of fused-ring (bicyclic) bond motifs is 1. The normalized spacial score (nSPS) is 14.7. The summed E-state index contributed by atoms with van der Waals surface area (Å²) in [5, 5.41) is 7.67. The van der Waals surface area contributed by atoms with Crippen LogP contribution in [0.25, 0.3) is 22.4 Å². The minimum Gasteiger partial charge on any atom is -0.372 e. The Hall–Kier alpha value is -2.39. The first kappa shape index (κ1) is 14.2. The van der Waals surface area contributed by atoms with E-state index < -0.39 is 0 Å². The summed E-state index contributed by atoms with van der Waals surface area (Å²) in [6, 6.07) is 0. The van der Waals surface area contributed by atoms with Crippen LogP contribution in [0.15, 0.2) is 16.9 Å². The molecule has 1 aliphatic heterocycles. The Labute approximate surface area is 136 Å². The molecule has 0 saturated heterocycles. The highest BCUT2D eigenvalue weighted by Gasteiger charge is 2.22. The maximum Gasteiger partial charge on any atom is 0.287 e. The number of thiazole rings is 1. The average molecular weight is 329 g/mol. The third kappa shape index (κ3) is 2.68. The molecule has 0 bridgehead atoms.